The number of benzene rings is 2. The summed E-state index contributed by atoms with van der Waals surface area (Å²) in [5.41, 5.74) is 2.00. The zero-order valence-corrected chi connectivity index (χ0v) is 13.8. The molecule has 3 rings (SSSR count). The lowest BCUT2D eigenvalue weighted by atomic mass is 10.1. The van der Waals surface area contributed by atoms with Crippen LogP contribution in [0.1, 0.15) is 5.56 Å². The SMILES string of the molecule is COc1ccccc1CC(=O)N1CCN(c2ccc(O)cc2)CC1. The number of phenolic OH excluding ortho intramolecular Hbond substituents is 1. The molecule has 0 radical (unpaired) electrons. The lowest BCUT2D eigenvalue weighted by molar-refractivity contribution is -0.130. The minimum atomic E-state index is 0.129. The third kappa shape index (κ3) is 3.62. The first kappa shape index (κ1) is 16.2. The van der Waals surface area contributed by atoms with E-state index >= 15 is 0 Å². The number of piperazine rings is 1. The number of carbonyl (C=O) groups excluding carboxylic acids is 1. The van der Waals surface area contributed by atoms with Crippen LogP contribution in [0, 0.1) is 0 Å². The molecule has 0 atom stereocenters. The van der Waals surface area contributed by atoms with E-state index in [9.17, 15) is 9.90 Å². The molecule has 24 heavy (non-hydrogen) atoms. The molecule has 0 spiro atoms. The molecule has 0 bridgehead atoms. The number of nitrogens with zero attached hydrogens (tertiary/aromatic N) is 2. The van der Waals surface area contributed by atoms with Gasteiger partial charge in [-0.3, -0.25) is 4.79 Å². The molecule has 0 unspecified atom stereocenters. The highest BCUT2D eigenvalue weighted by Crippen LogP contribution is 2.21. The fourth-order valence-corrected chi connectivity index (χ4v) is 3.00. The van der Waals surface area contributed by atoms with Crippen molar-refractivity contribution in [3.8, 4) is 11.5 Å². The molecule has 1 aliphatic heterocycles. The van der Waals surface area contributed by atoms with Crippen molar-refractivity contribution in [3.63, 3.8) is 0 Å². The number of aromatic hydroxyl groups is 1. The zero-order valence-electron chi connectivity index (χ0n) is 13.8. The second kappa shape index (κ2) is 7.25. The Morgan fingerprint density at radius 2 is 1.71 bits per heavy atom. The fraction of sp³-hybridized carbons (Fsp3) is 0.316. The molecule has 0 aromatic heterocycles. The van der Waals surface area contributed by atoms with Gasteiger partial charge in [0.2, 0.25) is 5.91 Å². The molecule has 1 amide bonds. The number of para-hydroxylation sites is 1. The zero-order chi connectivity index (χ0) is 16.9. The van der Waals surface area contributed by atoms with Gasteiger partial charge < -0.3 is 19.6 Å². The van der Waals surface area contributed by atoms with Crippen molar-refractivity contribution in [2.24, 2.45) is 0 Å². The van der Waals surface area contributed by atoms with E-state index < -0.39 is 0 Å². The van der Waals surface area contributed by atoms with Crippen molar-refractivity contribution in [1.29, 1.82) is 0 Å². The summed E-state index contributed by atoms with van der Waals surface area (Å²) in [6.07, 6.45) is 0.364. The average Bonchev–Trinajstić information content (AvgIpc) is 2.63. The number of hydrogen-bond donors (Lipinski definition) is 1. The van der Waals surface area contributed by atoms with E-state index in [1.165, 1.54) is 0 Å². The van der Waals surface area contributed by atoms with Crippen LogP contribution in [0.5, 0.6) is 11.5 Å². The molecule has 1 fully saturated rings. The third-order valence-corrected chi connectivity index (χ3v) is 4.38. The van der Waals surface area contributed by atoms with Crippen molar-refractivity contribution in [1.82, 2.24) is 4.90 Å². The first-order valence-corrected chi connectivity index (χ1v) is 8.11. The Kier molecular flexibility index (Phi) is 4.89. The van der Waals surface area contributed by atoms with Gasteiger partial charge in [0.05, 0.1) is 13.5 Å². The number of carbonyl (C=O) groups is 1. The van der Waals surface area contributed by atoms with Crippen molar-refractivity contribution in [3.05, 3.63) is 54.1 Å². The van der Waals surface area contributed by atoms with Crippen molar-refractivity contribution in [2.45, 2.75) is 6.42 Å². The van der Waals surface area contributed by atoms with Crippen molar-refractivity contribution >= 4 is 11.6 Å². The largest absolute Gasteiger partial charge is 0.508 e. The fourth-order valence-electron chi connectivity index (χ4n) is 3.00. The number of phenols is 1. The van der Waals surface area contributed by atoms with E-state index in [1.807, 2.05) is 41.3 Å². The molecule has 0 aliphatic carbocycles. The highest BCUT2D eigenvalue weighted by atomic mass is 16.5. The quantitative estimate of drug-likeness (QED) is 0.937. The maximum atomic E-state index is 12.5. The van der Waals surface area contributed by atoms with Crippen molar-refractivity contribution in [2.75, 3.05) is 38.2 Å². The molecule has 2 aromatic rings. The number of methoxy groups -OCH3 is 1. The molecule has 5 heteroatoms. The monoisotopic (exact) mass is 326 g/mol. The van der Waals surface area contributed by atoms with Gasteiger partial charge in [-0.15, -0.1) is 0 Å². The molecule has 1 N–H and O–H groups in total. The van der Waals surface area contributed by atoms with Crippen LogP contribution >= 0.6 is 0 Å². The Hall–Kier alpha value is -2.69. The highest BCUT2D eigenvalue weighted by molar-refractivity contribution is 5.79. The summed E-state index contributed by atoms with van der Waals surface area (Å²) in [6.45, 7) is 2.99. The van der Waals surface area contributed by atoms with Crippen LogP contribution in [0.4, 0.5) is 5.69 Å². The summed E-state index contributed by atoms with van der Waals surface area (Å²) < 4.78 is 5.32. The maximum Gasteiger partial charge on any atom is 0.227 e. The molecule has 1 aliphatic rings. The number of ether oxygens (including phenoxy) is 1. The van der Waals surface area contributed by atoms with Gasteiger partial charge in [0.25, 0.3) is 0 Å². The average molecular weight is 326 g/mol. The molecule has 1 heterocycles. The topological polar surface area (TPSA) is 53.0 Å². The second-order valence-electron chi connectivity index (χ2n) is 5.87. The van der Waals surface area contributed by atoms with Crippen molar-refractivity contribution < 1.29 is 14.6 Å². The van der Waals surface area contributed by atoms with Crippen LogP contribution in [0.15, 0.2) is 48.5 Å². The Balaban J connectivity index is 1.58. The molecule has 5 nitrogen and oxygen atoms in total. The summed E-state index contributed by atoms with van der Waals surface area (Å²) in [4.78, 5) is 16.7. The first-order valence-electron chi connectivity index (χ1n) is 8.11. The smallest absolute Gasteiger partial charge is 0.227 e. The number of amides is 1. The van der Waals surface area contributed by atoms with E-state index in [4.69, 9.17) is 4.74 Å². The van der Waals surface area contributed by atoms with Gasteiger partial charge in [0, 0.05) is 37.4 Å². The Labute approximate surface area is 142 Å². The first-order chi connectivity index (χ1) is 11.7. The minimum absolute atomic E-state index is 0.129. The predicted molar refractivity (Wildman–Crippen MR) is 93.6 cm³/mol. The second-order valence-corrected chi connectivity index (χ2v) is 5.87. The number of anilines is 1. The highest BCUT2D eigenvalue weighted by Gasteiger charge is 2.22. The Morgan fingerprint density at radius 1 is 1.04 bits per heavy atom. The van der Waals surface area contributed by atoms with Gasteiger partial charge in [0.15, 0.2) is 0 Å². The summed E-state index contributed by atoms with van der Waals surface area (Å²) in [5, 5.41) is 9.37. The molecule has 1 saturated heterocycles. The lowest BCUT2D eigenvalue weighted by Gasteiger charge is -2.36. The van der Waals surface area contributed by atoms with Crippen LogP contribution in [-0.4, -0.2) is 49.2 Å². The summed E-state index contributed by atoms with van der Waals surface area (Å²) in [6, 6.07) is 14.8. The third-order valence-electron chi connectivity index (χ3n) is 4.38. The van der Waals surface area contributed by atoms with Gasteiger partial charge in [-0.25, -0.2) is 0 Å². The van der Waals surface area contributed by atoms with E-state index in [-0.39, 0.29) is 11.7 Å². The van der Waals surface area contributed by atoms with Crippen LogP contribution < -0.4 is 9.64 Å². The maximum absolute atomic E-state index is 12.5. The van der Waals surface area contributed by atoms with E-state index in [0.29, 0.717) is 19.5 Å². The normalized spacial score (nSPS) is 14.5. The summed E-state index contributed by atoms with van der Waals surface area (Å²) in [7, 11) is 1.62. The van der Waals surface area contributed by atoms with Gasteiger partial charge >= 0.3 is 0 Å². The standard InChI is InChI=1S/C19H22N2O3/c1-24-18-5-3-2-4-15(18)14-19(23)21-12-10-20(11-13-21)16-6-8-17(22)9-7-16/h2-9,22H,10-14H2,1H3. The van der Waals surface area contributed by atoms with Gasteiger partial charge in [-0.05, 0) is 30.3 Å². The molecule has 126 valence electrons. The van der Waals surface area contributed by atoms with Gasteiger partial charge in [-0.2, -0.15) is 0 Å². The Bertz CT molecular complexity index is 692. The summed E-state index contributed by atoms with van der Waals surface area (Å²) >= 11 is 0. The Morgan fingerprint density at radius 3 is 2.38 bits per heavy atom. The molecular formula is C19H22N2O3. The van der Waals surface area contributed by atoms with Gasteiger partial charge in [0.1, 0.15) is 11.5 Å². The van der Waals surface area contributed by atoms with Crippen LogP contribution in [0.25, 0.3) is 0 Å². The van der Waals surface area contributed by atoms with E-state index in [1.54, 1.807) is 19.2 Å². The van der Waals surface area contributed by atoms with Crippen LogP contribution in [0.3, 0.4) is 0 Å². The number of rotatable bonds is 4. The summed E-state index contributed by atoms with van der Waals surface area (Å²) in [5.74, 6) is 1.16. The lowest BCUT2D eigenvalue weighted by Crippen LogP contribution is -2.49. The minimum Gasteiger partial charge on any atom is -0.508 e. The van der Waals surface area contributed by atoms with Crippen LogP contribution in [0.2, 0.25) is 0 Å². The number of hydrogen-bond acceptors (Lipinski definition) is 4. The molecule has 2 aromatic carbocycles. The molecular weight excluding hydrogens is 304 g/mol. The van der Waals surface area contributed by atoms with E-state index in [2.05, 4.69) is 4.90 Å². The van der Waals surface area contributed by atoms with E-state index in [0.717, 1.165) is 30.1 Å². The predicted octanol–water partition coefficient (Wildman–Crippen LogP) is 2.29. The van der Waals surface area contributed by atoms with Crippen LogP contribution in [-0.2, 0) is 11.2 Å². The van der Waals surface area contributed by atoms with Gasteiger partial charge in [-0.1, -0.05) is 18.2 Å². The molecule has 0 saturated carbocycles.